The number of rotatable bonds is 6. The minimum Gasteiger partial charge on any atom is -0.496 e. The van der Waals surface area contributed by atoms with E-state index in [0.717, 1.165) is 0 Å². The molecule has 0 saturated carbocycles. The number of carbonyl (C=O) groups excluding carboxylic acids is 2. The topological polar surface area (TPSA) is 67.4 Å². The zero-order chi connectivity index (χ0) is 17.5. The van der Waals surface area contributed by atoms with Crippen molar-refractivity contribution in [3.63, 3.8) is 0 Å². The number of nitrogens with one attached hydrogen (secondary N) is 2. The average Bonchev–Trinajstić information content (AvgIpc) is 2.60. The van der Waals surface area contributed by atoms with Gasteiger partial charge in [0, 0.05) is 6.54 Å². The number of carbonyl (C=O) groups is 2. The van der Waals surface area contributed by atoms with Gasteiger partial charge in [0.25, 0.3) is 11.8 Å². The van der Waals surface area contributed by atoms with E-state index in [1.807, 2.05) is 13.8 Å². The van der Waals surface area contributed by atoms with Crippen LogP contribution in [0.15, 0.2) is 48.5 Å². The summed E-state index contributed by atoms with van der Waals surface area (Å²) in [5.41, 5.74) is 1.31. The molecule has 0 aliphatic carbocycles. The van der Waals surface area contributed by atoms with Gasteiger partial charge in [-0.05, 0) is 30.2 Å². The molecular weight excluding hydrogens is 304 g/mol. The molecule has 5 heteroatoms. The predicted octanol–water partition coefficient (Wildman–Crippen LogP) is 3.33. The second-order valence-electron chi connectivity index (χ2n) is 5.80. The lowest BCUT2D eigenvalue weighted by molar-refractivity contribution is 0.0950. The molecule has 2 N–H and O–H groups in total. The van der Waals surface area contributed by atoms with Crippen LogP contribution in [0.4, 0.5) is 5.69 Å². The van der Waals surface area contributed by atoms with Gasteiger partial charge in [-0.3, -0.25) is 9.59 Å². The highest BCUT2D eigenvalue weighted by atomic mass is 16.5. The van der Waals surface area contributed by atoms with Gasteiger partial charge in [0.15, 0.2) is 0 Å². The monoisotopic (exact) mass is 326 g/mol. The number of anilines is 1. The molecule has 0 bridgehead atoms. The number of methoxy groups -OCH3 is 1. The van der Waals surface area contributed by atoms with Gasteiger partial charge < -0.3 is 15.4 Å². The van der Waals surface area contributed by atoms with Crippen LogP contribution in [0.5, 0.6) is 5.75 Å². The van der Waals surface area contributed by atoms with Crippen molar-refractivity contribution in [3.05, 3.63) is 59.7 Å². The Bertz CT molecular complexity index is 726. The molecule has 0 saturated heterocycles. The molecule has 2 amide bonds. The van der Waals surface area contributed by atoms with Crippen molar-refractivity contribution < 1.29 is 14.3 Å². The van der Waals surface area contributed by atoms with Gasteiger partial charge >= 0.3 is 0 Å². The van der Waals surface area contributed by atoms with Crippen LogP contribution in [0.1, 0.15) is 34.6 Å². The Balaban J connectivity index is 2.21. The van der Waals surface area contributed by atoms with Crippen LogP contribution < -0.4 is 15.4 Å². The SMILES string of the molecule is COc1ccccc1C(=O)Nc1ccccc1C(=O)NCC(C)C. The number of ether oxygens (including phenoxy) is 1. The highest BCUT2D eigenvalue weighted by molar-refractivity contribution is 6.10. The molecule has 5 nitrogen and oxygen atoms in total. The first kappa shape index (κ1) is 17.5. The number of para-hydroxylation sites is 2. The van der Waals surface area contributed by atoms with Crippen LogP contribution in [0.3, 0.4) is 0 Å². The van der Waals surface area contributed by atoms with E-state index in [0.29, 0.717) is 35.0 Å². The van der Waals surface area contributed by atoms with E-state index >= 15 is 0 Å². The molecular formula is C19H22N2O3. The summed E-state index contributed by atoms with van der Waals surface area (Å²) >= 11 is 0. The molecule has 0 atom stereocenters. The Labute approximate surface area is 142 Å². The minimum absolute atomic E-state index is 0.209. The molecule has 0 aromatic heterocycles. The Hall–Kier alpha value is -2.82. The normalized spacial score (nSPS) is 10.3. The third-order valence-electron chi connectivity index (χ3n) is 3.44. The summed E-state index contributed by atoms with van der Waals surface area (Å²) in [6.45, 7) is 4.62. The van der Waals surface area contributed by atoms with Crippen molar-refractivity contribution in [1.29, 1.82) is 0 Å². The van der Waals surface area contributed by atoms with Gasteiger partial charge in [-0.1, -0.05) is 38.1 Å². The molecule has 2 rings (SSSR count). The smallest absolute Gasteiger partial charge is 0.259 e. The van der Waals surface area contributed by atoms with Crippen LogP contribution in [0.25, 0.3) is 0 Å². The minimum atomic E-state index is -0.323. The van der Waals surface area contributed by atoms with E-state index in [9.17, 15) is 9.59 Å². The molecule has 0 aliphatic rings. The highest BCUT2D eigenvalue weighted by Crippen LogP contribution is 2.21. The largest absolute Gasteiger partial charge is 0.496 e. The van der Waals surface area contributed by atoms with E-state index < -0.39 is 0 Å². The fourth-order valence-electron chi connectivity index (χ4n) is 2.20. The fraction of sp³-hybridized carbons (Fsp3) is 0.263. The van der Waals surface area contributed by atoms with Crippen molar-refractivity contribution in [2.45, 2.75) is 13.8 Å². The first-order valence-electron chi connectivity index (χ1n) is 7.84. The molecule has 0 unspecified atom stereocenters. The summed E-state index contributed by atoms with van der Waals surface area (Å²) in [7, 11) is 1.51. The van der Waals surface area contributed by atoms with Crippen LogP contribution >= 0.6 is 0 Å². The van der Waals surface area contributed by atoms with Crippen LogP contribution in [0, 0.1) is 5.92 Å². The van der Waals surface area contributed by atoms with Gasteiger partial charge in [-0.2, -0.15) is 0 Å². The molecule has 0 fully saturated rings. The maximum atomic E-state index is 12.5. The first-order valence-corrected chi connectivity index (χ1v) is 7.84. The van der Waals surface area contributed by atoms with Gasteiger partial charge in [-0.25, -0.2) is 0 Å². The molecule has 0 spiro atoms. The van der Waals surface area contributed by atoms with Crippen molar-refractivity contribution in [2.24, 2.45) is 5.92 Å². The predicted molar refractivity (Wildman–Crippen MR) is 94.6 cm³/mol. The summed E-state index contributed by atoms with van der Waals surface area (Å²) in [6, 6.07) is 13.9. The fourth-order valence-corrected chi connectivity index (χ4v) is 2.20. The Morgan fingerprint density at radius 2 is 1.58 bits per heavy atom. The molecule has 2 aromatic carbocycles. The maximum Gasteiger partial charge on any atom is 0.259 e. The maximum absolute atomic E-state index is 12.5. The number of amides is 2. The zero-order valence-electron chi connectivity index (χ0n) is 14.1. The van der Waals surface area contributed by atoms with Gasteiger partial charge in [0.05, 0.1) is 23.9 Å². The van der Waals surface area contributed by atoms with Crippen molar-refractivity contribution >= 4 is 17.5 Å². The number of hydrogen-bond acceptors (Lipinski definition) is 3. The van der Waals surface area contributed by atoms with Crippen molar-refractivity contribution in [1.82, 2.24) is 5.32 Å². The van der Waals surface area contributed by atoms with Crippen molar-refractivity contribution in [2.75, 3.05) is 19.0 Å². The van der Waals surface area contributed by atoms with E-state index in [4.69, 9.17) is 4.74 Å². The molecule has 0 aliphatic heterocycles. The highest BCUT2D eigenvalue weighted by Gasteiger charge is 2.16. The summed E-state index contributed by atoms with van der Waals surface area (Å²) in [5.74, 6) is 0.303. The average molecular weight is 326 g/mol. The van der Waals surface area contributed by atoms with Crippen LogP contribution in [-0.4, -0.2) is 25.5 Å². The Kier molecular flexibility index (Phi) is 5.95. The van der Waals surface area contributed by atoms with E-state index in [-0.39, 0.29) is 11.8 Å². The van der Waals surface area contributed by atoms with Crippen LogP contribution in [-0.2, 0) is 0 Å². The third-order valence-corrected chi connectivity index (χ3v) is 3.44. The first-order chi connectivity index (χ1) is 11.5. The molecule has 2 aromatic rings. The summed E-state index contributed by atoms with van der Waals surface area (Å²) < 4.78 is 5.21. The molecule has 0 heterocycles. The third kappa shape index (κ3) is 4.35. The lowest BCUT2D eigenvalue weighted by atomic mass is 10.1. The van der Waals surface area contributed by atoms with Gasteiger partial charge in [-0.15, -0.1) is 0 Å². The summed E-state index contributed by atoms with van der Waals surface area (Å²) in [5, 5.41) is 5.65. The van der Waals surface area contributed by atoms with Crippen LogP contribution in [0.2, 0.25) is 0 Å². The lowest BCUT2D eigenvalue weighted by Crippen LogP contribution is -2.28. The summed E-state index contributed by atoms with van der Waals surface area (Å²) in [4.78, 5) is 24.8. The number of hydrogen-bond donors (Lipinski definition) is 2. The Morgan fingerprint density at radius 3 is 2.25 bits per heavy atom. The summed E-state index contributed by atoms with van der Waals surface area (Å²) in [6.07, 6.45) is 0. The molecule has 126 valence electrons. The van der Waals surface area contributed by atoms with E-state index in [1.54, 1.807) is 48.5 Å². The second-order valence-corrected chi connectivity index (χ2v) is 5.80. The van der Waals surface area contributed by atoms with E-state index in [1.165, 1.54) is 7.11 Å². The lowest BCUT2D eigenvalue weighted by Gasteiger charge is -2.13. The van der Waals surface area contributed by atoms with Gasteiger partial charge in [0.2, 0.25) is 0 Å². The Morgan fingerprint density at radius 1 is 0.958 bits per heavy atom. The molecule has 24 heavy (non-hydrogen) atoms. The second kappa shape index (κ2) is 8.15. The van der Waals surface area contributed by atoms with E-state index in [2.05, 4.69) is 10.6 Å². The quantitative estimate of drug-likeness (QED) is 0.855. The zero-order valence-corrected chi connectivity index (χ0v) is 14.1. The molecule has 0 radical (unpaired) electrons. The van der Waals surface area contributed by atoms with Gasteiger partial charge in [0.1, 0.15) is 5.75 Å². The van der Waals surface area contributed by atoms with Crippen molar-refractivity contribution in [3.8, 4) is 5.75 Å². The standard InChI is InChI=1S/C19H22N2O3/c1-13(2)12-20-18(22)14-8-4-6-10-16(14)21-19(23)15-9-5-7-11-17(15)24-3/h4-11,13H,12H2,1-3H3,(H,20,22)(H,21,23). The number of benzene rings is 2.